The van der Waals surface area contributed by atoms with Gasteiger partial charge in [-0.05, 0) is 99.8 Å². The standard InChI is InChI=1S/C52H70N8O10/c61-47(45(59-51(65)69-39-43-23-9-3-10-24-43)27-15-33-57-49(63)67-37-41-19-5-1-6-20-41)55-35-17-31-53-29-13-14-30-54-32-18-36-56-48(62)46(60-52(66)70-40-44-25-11-4-12-26-44)28-16-34-58-50(64)68-38-42-21-7-2-8-22-42/h1-12,19-26,45-46,53-54H,13-18,27-40H2,(H,55,61)(H,56,62)(H,57,63)(H,58,64)(H,59,65)(H,60,66)/t45-,46-/m0/s1. The third kappa shape index (κ3) is 25.8. The molecule has 0 aliphatic rings. The Labute approximate surface area is 411 Å². The minimum Gasteiger partial charge on any atom is -0.445 e. The zero-order valence-corrected chi connectivity index (χ0v) is 39.9. The maximum Gasteiger partial charge on any atom is 0.408 e. The molecule has 18 nitrogen and oxygen atoms in total. The number of carbonyl (C=O) groups is 6. The Kier molecular flexibility index (Phi) is 27.7. The van der Waals surface area contributed by atoms with Crippen molar-refractivity contribution in [3.05, 3.63) is 144 Å². The van der Waals surface area contributed by atoms with E-state index in [1.165, 1.54) is 0 Å². The highest BCUT2D eigenvalue weighted by Crippen LogP contribution is 2.07. The van der Waals surface area contributed by atoms with Crippen LogP contribution < -0.4 is 42.5 Å². The lowest BCUT2D eigenvalue weighted by atomic mass is 10.1. The van der Waals surface area contributed by atoms with Crippen LogP contribution >= 0.6 is 0 Å². The van der Waals surface area contributed by atoms with E-state index in [1.54, 1.807) is 0 Å². The molecule has 4 rings (SSSR count). The Balaban J connectivity index is 1.04. The molecule has 0 spiro atoms. The van der Waals surface area contributed by atoms with Crippen LogP contribution in [0.5, 0.6) is 0 Å². The Morgan fingerprint density at radius 1 is 0.329 bits per heavy atom. The normalized spacial score (nSPS) is 11.5. The maximum absolute atomic E-state index is 13.1. The zero-order valence-electron chi connectivity index (χ0n) is 39.9. The van der Waals surface area contributed by atoms with Crippen molar-refractivity contribution >= 4 is 36.2 Å². The number of ether oxygens (including phenoxy) is 4. The van der Waals surface area contributed by atoms with Crippen LogP contribution in [0, 0.1) is 0 Å². The predicted molar refractivity (Wildman–Crippen MR) is 265 cm³/mol. The fraction of sp³-hybridized carbons (Fsp3) is 0.423. The van der Waals surface area contributed by atoms with Crippen molar-refractivity contribution in [1.82, 2.24) is 42.5 Å². The average molecular weight is 967 g/mol. The van der Waals surface area contributed by atoms with Crippen LogP contribution in [0.15, 0.2) is 121 Å². The summed E-state index contributed by atoms with van der Waals surface area (Å²) in [7, 11) is 0. The van der Waals surface area contributed by atoms with Crippen molar-refractivity contribution in [3.8, 4) is 0 Å². The van der Waals surface area contributed by atoms with Crippen molar-refractivity contribution < 1.29 is 47.7 Å². The van der Waals surface area contributed by atoms with Gasteiger partial charge in [0.05, 0.1) is 0 Å². The largest absolute Gasteiger partial charge is 0.445 e. The molecular formula is C52H70N8O10. The number of amides is 6. The fourth-order valence-electron chi connectivity index (χ4n) is 6.74. The molecule has 0 bridgehead atoms. The lowest BCUT2D eigenvalue weighted by Gasteiger charge is -2.19. The molecule has 0 radical (unpaired) electrons. The van der Waals surface area contributed by atoms with E-state index in [0.717, 1.165) is 48.2 Å². The van der Waals surface area contributed by atoms with Gasteiger partial charge in [-0.2, -0.15) is 0 Å². The molecule has 70 heavy (non-hydrogen) atoms. The first kappa shape index (κ1) is 55.4. The number of nitrogens with one attached hydrogen (secondary N) is 8. The molecule has 0 heterocycles. The molecule has 0 aliphatic carbocycles. The first-order valence-electron chi connectivity index (χ1n) is 24.1. The summed E-state index contributed by atoms with van der Waals surface area (Å²) in [5.74, 6) is -0.679. The lowest BCUT2D eigenvalue weighted by molar-refractivity contribution is -0.124. The highest BCUT2D eigenvalue weighted by Gasteiger charge is 2.23. The highest BCUT2D eigenvalue weighted by molar-refractivity contribution is 5.86. The third-order valence-corrected chi connectivity index (χ3v) is 10.6. The molecule has 18 heteroatoms. The summed E-state index contributed by atoms with van der Waals surface area (Å²) in [6.45, 7) is 4.72. The summed E-state index contributed by atoms with van der Waals surface area (Å²) in [5, 5.41) is 23.3. The summed E-state index contributed by atoms with van der Waals surface area (Å²) < 4.78 is 21.2. The van der Waals surface area contributed by atoms with Crippen molar-refractivity contribution in [2.75, 3.05) is 52.4 Å². The van der Waals surface area contributed by atoms with Gasteiger partial charge >= 0.3 is 24.4 Å². The molecule has 0 saturated heterocycles. The highest BCUT2D eigenvalue weighted by atomic mass is 16.6. The van der Waals surface area contributed by atoms with Gasteiger partial charge in [-0.1, -0.05) is 121 Å². The van der Waals surface area contributed by atoms with Gasteiger partial charge < -0.3 is 61.5 Å². The lowest BCUT2D eigenvalue weighted by Crippen LogP contribution is -2.47. The Hall–Kier alpha value is -7.18. The van der Waals surface area contributed by atoms with Gasteiger partial charge in [0.25, 0.3) is 0 Å². The maximum atomic E-state index is 13.1. The Morgan fingerprint density at radius 2 is 0.614 bits per heavy atom. The molecule has 4 aromatic carbocycles. The van der Waals surface area contributed by atoms with Crippen LogP contribution in [0.4, 0.5) is 19.2 Å². The minimum absolute atomic E-state index is 0.0634. The molecule has 0 fully saturated rings. The van der Waals surface area contributed by atoms with Crippen LogP contribution in [0.2, 0.25) is 0 Å². The number of unbranched alkanes of at least 4 members (excludes halogenated alkanes) is 1. The van der Waals surface area contributed by atoms with Gasteiger partial charge in [-0.15, -0.1) is 0 Å². The zero-order chi connectivity index (χ0) is 49.7. The molecule has 0 unspecified atom stereocenters. The second-order valence-corrected chi connectivity index (χ2v) is 16.3. The predicted octanol–water partition coefficient (Wildman–Crippen LogP) is 5.96. The van der Waals surface area contributed by atoms with Gasteiger partial charge in [0.1, 0.15) is 38.5 Å². The van der Waals surface area contributed by atoms with Crippen molar-refractivity contribution in [3.63, 3.8) is 0 Å². The first-order valence-corrected chi connectivity index (χ1v) is 24.1. The summed E-state index contributed by atoms with van der Waals surface area (Å²) in [6.07, 6.45) is 2.06. The second-order valence-electron chi connectivity index (χ2n) is 16.3. The molecular weight excluding hydrogens is 897 g/mol. The number of rotatable bonds is 33. The van der Waals surface area contributed by atoms with Crippen LogP contribution in [-0.2, 0) is 55.0 Å². The number of benzene rings is 4. The molecule has 2 atom stereocenters. The molecule has 8 N–H and O–H groups in total. The van der Waals surface area contributed by atoms with Gasteiger partial charge in [0.2, 0.25) is 11.8 Å². The molecule has 0 aromatic heterocycles. The molecule has 6 amide bonds. The van der Waals surface area contributed by atoms with E-state index in [9.17, 15) is 28.8 Å². The first-order chi connectivity index (χ1) is 34.2. The van der Waals surface area contributed by atoms with E-state index in [2.05, 4.69) is 42.5 Å². The van der Waals surface area contributed by atoms with Crippen LogP contribution in [-0.4, -0.2) is 101 Å². The van der Waals surface area contributed by atoms with Crippen molar-refractivity contribution in [2.45, 2.75) is 89.9 Å². The van der Waals surface area contributed by atoms with E-state index in [4.69, 9.17) is 18.9 Å². The van der Waals surface area contributed by atoms with E-state index in [0.29, 0.717) is 51.9 Å². The molecule has 378 valence electrons. The van der Waals surface area contributed by atoms with E-state index < -0.39 is 36.5 Å². The second kappa shape index (κ2) is 35.0. The minimum atomic E-state index is -0.860. The van der Waals surface area contributed by atoms with E-state index in [-0.39, 0.29) is 64.2 Å². The number of carbonyl (C=O) groups excluding carboxylic acids is 6. The van der Waals surface area contributed by atoms with Gasteiger partial charge in [-0.25, -0.2) is 19.2 Å². The molecule has 4 aromatic rings. The summed E-state index contributed by atoms with van der Waals surface area (Å²) in [4.78, 5) is 75.9. The van der Waals surface area contributed by atoms with E-state index >= 15 is 0 Å². The topological polar surface area (TPSA) is 236 Å². The number of alkyl carbamates (subject to hydrolysis) is 4. The van der Waals surface area contributed by atoms with Crippen LogP contribution in [0.25, 0.3) is 0 Å². The van der Waals surface area contributed by atoms with Crippen molar-refractivity contribution in [2.24, 2.45) is 0 Å². The fourth-order valence-corrected chi connectivity index (χ4v) is 6.74. The smallest absolute Gasteiger partial charge is 0.408 e. The van der Waals surface area contributed by atoms with Gasteiger partial charge in [-0.3, -0.25) is 9.59 Å². The SMILES string of the molecule is O=C(NCCC[C@H](NC(=O)OCc1ccccc1)C(=O)NCCCNCCCCNCCCNC(=O)[C@H](CCCNC(=O)OCc1ccccc1)NC(=O)OCc1ccccc1)OCc1ccccc1. The summed E-state index contributed by atoms with van der Waals surface area (Å²) in [5.41, 5.74) is 3.38. The Morgan fingerprint density at radius 3 is 0.943 bits per heavy atom. The van der Waals surface area contributed by atoms with Crippen molar-refractivity contribution in [1.29, 1.82) is 0 Å². The number of hydrogen-bond acceptors (Lipinski definition) is 12. The monoisotopic (exact) mass is 967 g/mol. The molecule has 0 aliphatic heterocycles. The average Bonchev–Trinajstić information content (AvgIpc) is 3.39. The van der Waals surface area contributed by atoms with E-state index in [1.807, 2.05) is 121 Å². The van der Waals surface area contributed by atoms with Crippen LogP contribution in [0.1, 0.15) is 73.6 Å². The number of hydrogen-bond donors (Lipinski definition) is 8. The third-order valence-electron chi connectivity index (χ3n) is 10.6. The summed E-state index contributed by atoms with van der Waals surface area (Å²) in [6, 6.07) is 35.4. The van der Waals surface area contributed by atoms with Crippen LogP contribution in [0.3, 0.4) is 0 Å². The summed E-state index contributed by atoms with van der Waals surface area (Å²) >= 11 is 0. The van der Waals surface area contributed by atoms with Gasteiger partial charge in [0.15, 0.2) is 0 Å². The quantitative estimate of drug-likeness (QED) is 0.0204. The van der Waals surface area contributed by atoms with Gasteiger partial charge in [0, 0.05) is 26.2 Å². The molecule has 0 saturated carbocycles. The Bertz CT molecular complexity index is 1940.